The Morgan fingerprint density at radius 2 is 1.18 bits per heavy atom. The Labute approximate surface area is 130 Å². The fraction of sp³-hybridized carbons (Fsp3) is 0.500. The molecule has 1 rings (SSSR count). The normalized spacial score (nSPS) is 13.3. The molecule has 6 nitrogen and oxygen atoms in total. The van der Waals surface area contributed by atoms with Gasteiger partial charge in [0.1, 0.15) is 0 Å². The molecule has 6 heteroatoms. The van der Waals surface area contributed by atoms with Gasteiger partial charge in [0.2, 0.25) is 0 Å². The van der Waals surface area contributed by atoms with Crippen molar-refractivity contribution < 1.29 is 19.8 Å². The Bertz CT molecular complexity index is 434. The van der Waals surface area contributed by atoms with Crippen molar-refractivity contribution in [2.45, 2.75) is 38.8 Å². The maximum absolute atomic E-state index is 12.0. The first-order valence-electron chi connectivity index (χ1n) is 7.49. The second-order valence-electron chi connectivity index (χ2n) is 5.10. The van der Waals surface area contributed by atoms with Gasteiger partial charge in [-0.2, -0.15) is 0 Å². The number of nitrogens with one attached hydrogen (secondary N) is 2. The van der Waals surface area contributed by atoms with Crippen LogP contribution in [0.5, 0.6) is 0 Å². The summed E-state index contributed by atoms with van der Waals surface area (Å²) >= 11 is 0. The molecule has 0 aromatic heterocycles. The number of carbonyl (C=O) groups excluding carboxylic acids is 2. The zero-order valence-electron chi connectivity index (χ0n) is 13.0. The number of aliphatic hydroxyl groups is 2. The van der Waals surface area contributed by atoms with Crippen LogP contribution >= 0.6 is 0 Å². The fourth-order valence-corrected chi connectivity index (χ4v) is 1.86. The van der Waals surface area contributed by atoms with Gasteiger partial charge in [-0.05, 0) is 37.1 Å². The molecule has 0 aliphatic heterocycles. The summed E-state index contributed by atoms with van der Waals surface area (Å²) < 4.78 is 0. The van der Waals surface area contributed by atoms with Gasteiger partial charge >= 0.3 is 0 Å². The monoisotopic (exact) mass is 308 g/mol. The van der Waals surface area contributed by atoms with E-state index < -0.39 is 0 Å². The lowest BCUT2D eigenvalue weighted by molar-refractivity contribution is 0.0904. The first-order chi connectivity index (χ1) is 10.5. The van der Waals surface area contributed by atoms with Crippen LogP contribution in [0.4, 0.5) is 0 Å². The second-order valence-corrected chi connectivity index (χ2v) is 5.10. The van der Waals surface area contributed by atoms with Crippen LogP contribution in [0.1, 0.15) is 47.4 Å². The molecular weight excluding hydrogens is 284 g/mol. The van der Waals surface area contributed by atoms with E-state index in [-0.39, 0.29) is 37.1 Å². The molecule has 4 N–H and O–H groups in total. The summed E-state index contributed by atoms with van der Waals surface area (Å²) in [5.74, 6) is -0.565. The molecule has 2 amide bonds. The van der Waals surface area contributed by atoms with Crippen LogP contribution in [0, 0.1) is 0 Å². The molecule has 0 bridgehead atoms. The number of hydrogen-bond acceptors (Lipinski definition) is 4. The highest BCUT2D eigenvalue weighted by Gasteiger charge is 2.14. The first-order valence-corrected chi connectivity index (χ1v) is 7.49. The lowest BCUT2D eigenvalue weighted by Gasteiger charge is -2.15. The summed E-state index contributed by atoms with van der Waals surface area (Å²) in [5.41, 5.74) is 0.857. The van der Waals surface area contributed by atoms with Crippen LogP contribution in [0.2, 0.25) is 0 Å². The molecule has 0 aliphatic rings. The zero-order chi connectivity index (χ0) is 16.5. The quantitative estimate of drug-likeness (QED) is 0.568. The molecule has 2 unspecified atom stereocenters. The average molecular weight is 308 g/mol. The van der Waals surface area contributed by atoms with Crippen molar-refractivity contribution in [2.75, 3.05) is 13.2 Å². The van der Waals surface area contributed by atoms with Gasteiger partial charge in [0.25, 0.3) is 11.8 Å². The number of benzene rings is 1. The van der Waals surface area contributed by atoms with Gasteiger partial charge in [-0.25, -0.2) is 0 Å². The first kappa shape index (κ1) is 18.1. The lowest BCUT2D eigenvalue weighted by atomic mass is 10.1. The fourth-order valence-electron chi connectivity index (χ4n) is 1.86. The van der Waals surface area contributed by atoms with E-state index in [0.717, 1.165) is 0 Å². The van der Waals surface area contributed by atoms with Crippen molar-refractivity contribution in [1.82, 2.24) is 10.6 Å². The molecule has 1 aromatic rings. The zero-order valence-corrected chi connectivity index (χ0v) is 13.0. The van der Waals surface area contributed by atoms with E-state index >= 15 is 0 Å². The van der Waals surface area contributed by atoms with Crippen LogP contribution in [-0.4, -0.2) is 47.3 Å². The Hall–Kier alpha value is -1.92. The maximum atomic E-state index is 12.0. The van der Waals surface area contributed by atoms with E-state index in [2.05, 4.69) is 10.6 Å². The summed E-state index contributed by atoms with van der Waals surface area (Å²) in [6, 6.07) is 5.71. The van der Waals surface area contributed by atoms with E-state index in [1.807, 2.05) is 13.8 Å². The number of hydrogen-bond donors (Lipinski definition) is 4. The van der Waals surface area contributed by atoms with Crippen molar-refractivity contribution in [3.8, 4) is 0 Å². The van der Waals surface area contributed by atoms with Gasteiger partial charge in [0.05, 0.1) is 25.3 Å². The number of amides is 2. The summed E-state index contributed by atoms with van der Waals surface area (Å²) in [4.78, 5) is 23.9. The maximum Gasteiger partial charge on any atom is 0.251 e. The molecule has 122 valence electrons. The van der Waals surface area contributed by atoms with E-state index in [0.29, 0.717) is 24.0 Å². The third-order valence-corrected chi connectivity index (χ3v) is 3.51. The molecule has 0 saturated heterocycles. The molecular formula is C16H24N2O4. The SMILES string of the molecule is CCC(CO)NC(=O)c1ccc(C(=O)NC(CC)CO)cc1. The highest BCUT2D eigenvalue weighted by atomic mass is 16.3. The van der Waals surface area contributed by atoms with Crippen LogP contribution in [-0.2, 0) is 0 Å². The van der Waals surface area contributed by atoms with E-state index in [1.54, 1.807) is 24.3 Å². The smallest absolute Gasteiger partial charge is 0.251 e. The standard InChI is InChI=1S/C16H24N2O4/c1-3-13(9-19)17-15(21)11-5-7-12(8-6-11)16(22)18-14(4-2)10-20/h5-8,13-14,19-20H,3-4,9-10H2,1-2H3,(H,17,21)(H,18,22). The van der Waals surface area contributed by atoms with Gasteiger partial charge in [-0.15, -0.1) is 0 Å². The molecule has 0 aliphatic carbocycles. The third kappa shape index (κ3) is 5.13. The molecule has 0 radical (unpaired) electrons. The third-order valence-electron chi connectivity index (χ3n) is 3.51. The van der Waals surface area contributed by atoms with Crippen LogP contribution in [0.25, 0.3) is 0 Å². The summed E-state index contributed by atoms with van der Waals surface area (Å²) in [7, 11) is 0. The van der Waals surface area contributed by atoms with Crippen molar-refractivity contribution in [2.24, 2.45) is 0 Å². The Morgan fingerprint density at radius 3 is 1.41 bits per heavy atom. The Kier molecular flexibility index (Phi) is 7.56. The van der Waals surface area contributed by atoms with Crippen molar-refractivity contribution in [3.63, 3.8) is 0 Å². The largest absolute Gasteiger partial charge is 0.394 e. The number of rotatable bonds is 8. The molecule has 0 spiro atoms. The molecule has 0 saturated carbocycles. The van der Waals surface area contributed by atoms with E-state index in [4.69, 9.17) is 10.2 Å². The van der Waals surface area contributed by atoms with Gasteiger partial charge in [0, 0.05) is 11.1 Å². The van der Waals surface area contributed by atoms with Crippen LogP contribution in [0.15, 0.2) is 24.3 Å². The van der Waals surface area contributed by atoms with Crippen LogP contribution < -0.4 is 10.6 Å². The summed E-state index contributed by atoms with van der Waals surface area (Å²) in [6.45, 7) is 3.53. The Morgan fingerprint density at radius 1 is 0.864 bits per heavy atom. The predicted octanol–water partition coefficient (Wildman–Crippen LogP) is 0.688. The highest BCUT2D eigenvalue weighted by Crippen LogP contribution is 2.06. The minimum Gasteiger partial charge on any atom is -0.394 e. The van der Waals surface area contributed by atoms with Gasteiger partial charge in [0.15, 0.2) is 0 Å². The summed E-state index contributed by atoms with van der Waals surface area (Å²) in [6.07, 6.45) is 1.28. The summed E-state index contributed by atoms with van der Waals surface area (Å²) in [5, 5.41) is 23.6. The lowest BCUT2D eigenvalue weighted by Crippen LogP contribution is -2.37. The van der Waals surface area contributed by atoms with Crippen molar-refractivity contribution in [1.29, 1.82) is 0 Å². The Balaban J connectivity index is 2.69. The highest BCUT2D eigenvalue weighted by molar-refractivity contribution is 5.98. The molecule has 2 atom stereocenters. The number of aliphatic hydroxyl groups excluding tert-OH is 2. The van der Waals surface area contributed by atoms with Gasteiger partial charge < -0.3 is 20.8 Å². The van der Waals surface area contributed by atoms with Gasteiger partial charge in [-0.3, -0.25) is 9.59 Å². The molecule has 1 aromatic carbocycles. The van der Waals surface area contributed by atoms with Crippen LogP contribution in [0.3, 0.4) is 0 Å². The predicted molar refractivity (Wildman–Crippen MR) is 83.7 cm³/mol. The minimum absolute atomic E-state index is 0.109. The molecule has 0 heterocycles. The second kappa shape index (κ2) is 9.17. The number of carbonyl (C=O) groups is 2. The average Bonchev–Trinajstić information content (AvgIpc) is 2.57. The van der Waals surface area contributed by atoms with Crippen molar-refractivity contribution in [3.05, 3.63) is 35.4 Å². The molecule has 22 heavy (non-hydrogen) atoms. The molecule has 0 fully saturated rings. The van der Waals surface area contributed by atoms with Crippen molar-refractivity contribution >= 4 is 11.8 Å². The van der Waals surface area contributed by atoms with Gasteiger partial charge in [-0.1, -0.05) is 13.8 Å². The van der Waals surface area contributed by atoms with E-state index in [1.165, 1.54) is 0 Å². The minimum atomic E-state index is -0.283. The topological polar surface area (TPSA) is 98.7 Å². The van der Waals surface area contributed by atoms with E-state index in [9.17, 15) is 9.59 Å².